The summed E-state index contributed by atoms with van der Waals surface area (Å²) in [5.74, 6) is 0.0394. The van der Waals surface area contributed by atoms with Gasteiger partial charge in [-0.2, -0.15) is 0 Å². The SMILES string of the molecule is CC1(C(=O)c2cc(Br)c(Cl)s2)CCCO1. The van der Waals surface area contributed by atoms with Crippen LogP contribution in [-0.4, -0.2) is 18.0 Å². The van der Waals surface area contributed by atoms with Gasteiger partial charge < -0.3 is 4.74 Å². The maximum absolute atomic E-state index is 12.1. The van der Waals surface area contributed by atoms with Gasteiger partial charge in [-0.3, -0.25) is 4.79 Å². The summed E-state index contributed by atoms with van der Waals surface area (Å²) in [6.07, 6.45) is 1.74. The molecule has 1 aliphatic rings. The molecule has 0 radical (unpaired) electrons. The highest BCUT2D eigenvalue weighted by Gasteiger charge is 2.39. The Bertz CT molecular complexity index is 377. The zero-order valence-electron chi connectivity index (χ0n) is 8.18. The summed E-state index contributed by atoms with van der Waals surface area (Å²) < 4.78 is 6.89. The molecule has 1 atom stereocenters. The van der Waals surface area contributed by atoms with Crippen molar-refractivity contribution in [1.82, 2.24) is 0 Å². The third-order valence-corrected chi connectivity index (χ3v) is 5.04. The Morgan fingerprint density at radius 1 is 1.73 bits per heavy atom. The lowest BCUT2D eigenvalue weighted by molar-refractivity contribution is 0.0217. The summed E-state index contributed by atoms with van der Waals surface area (Å²) in [6.45, 7) is 2.52. The van der Waals surface area contributed by atoms with Crippen LogP contribution < -0.4 is 0 Å². The summed E-state index contributed by atoms with van der Waals surface area (Å²) in [6, 6.07) is 1.77. The molecule has 2 nitrogen and oxygen atoms in total. The van der Waals surface area contributed by atoms with Gasteiger partial charge in [0.2, 0.25) is 5.78 Å². The lowest BCUT2D eigenvalue weighted by atomic mass is 9.96. The number of ether oxygens (including phenoxy) is 1. The summed E-state index contributed by atoms with van der Waals surface area (Å²) in [5, 5.41) is 0. The smallest absolute Gasteiger partial charge is 0.204 e. The largest absolute Gasteiger partial charge is 0.367 e. The lowest BCUT2D eigenvalue weighted by Gasteiger charge is -2.20. The van der Waals surface area contributed by atoms with E-state index in [-0.39, 0.29) is 5.78 Å². The molecule has 0 aliphatic carbocycles. The molecule has 5 heteroatoms. The Balaban J connectivity index is 2.27. The Morgan fingerprint density at radius 3 is 2.93 bits per heavy atom. The van der Waals surface area contributed by atoms with Gasteiger partial charge in [-0.25, -0.2) is 0 Å². The topological polar surface area (TPSA) is 26.3 Å². The maximum Gasteiger partial charge on any atom is 0.204 e. The Hall–Kier alpha value is 0.1000. The fourth-order valence-corrected chi connectivity index (χ4v) is 3.44. The molecule has 1 unspecified atom stereocenters. The van der Waals surface area contributed by atoms with Crippen molar-refractivity contribution in [3.8, 4) is 0 Å². The highest BCUT2D eigenvalue weighted by atomic mass is 79.9. The highest BCUT2D eigenvalue weighted by Crippen LogP contribution is 2.36. The van der Waals surface area contributed by atoms with Crippen LogP contribution in [-0.2, 0) is 4.74 Å². The van der Waals surface area contributed by atoms with Gasteiger partial charge in [0.15, 0.2) is 0 Å². The van der Waals surface area contributed by atoms with Crippen molar-refractivity contribution in [3.05, 3.63) is 19.8 Å². The second-order valence-corrected chi connectivity index (χ2v) is 6.25. The quantitative estimate of drug-likeness (QED) is 0.774. The standard InChI is InChI=1S/C10H10BrClO2S/c1-10(3-2-4-14-10)8(13)7-5-6(11)9(12)15-7/h5H,2-4H2,1H3. The van der Waals surface area contributed by atoms with E-state index in [1.165, 1.54) is 11.3 Å². The Morgan fingerprint density at radius 2 is 2.47 bits per heavy atom. The van der Waals surface area contributed by atoms with E-state index in [9.17, 15) is 4.79 Å². The molecular weight excluding hydrogens is 300 g/mol. The molecule has 0 amide bonds. The van der Waals surface area contributed by atoms with E-state index in [4.69, 9.17) is 16.3 Å². The molecular formula is C10H10BrClO2S. The molecule has 1 aliphatic heterocycles. The number of thiophene rings is 1. The molecule has 0 aromatic carbocycles. The second kappa shape index (κ2) is 4.17. The first-order chi connectivity index (χ1) is 7.03. The van der Waals surface area contributed by atoms with Crippen molar-refractivity contribution in [3.63, 3.8) is 0 Å². The van der Waals surface area contributed by atoms with Gasteiger partial charge in [0.05, 0.1) is 4.88 Å². The predicted octanol–water partition coefficient (Wildman–Crippen LogP) is 3.92. The van der Waals surface area contributed by atoms with Gasteiger partial charge in [-0.05, 0) is 41.8 Å². The number of hydrogen-bond donors (Lipinski definition) is 0. The van der Waals surface area contributed by atoms with Crippen LogP contribution in [0.1, 0.15) is 29.4 Å². The summed E-state index contributed by atoms with van der Waals surface area (Å²) in [7, 11) is 0. The molecule has 1 aromatic rings. The first-order valence-corrected chi connectivity index (χ1v) is 6.65. The third-order valence-electron chi connectivity index (χ3n) is 2.57. The average Bonchev–Trinajstić information content (AvgIpc) is 2.75. The van der Waals surface area contributed by atoms with Crippen molar-refractivity contribution in [2.24, 2.45) is 0 Å². The zero-order chi connectivity index (χ0) is 11.1. The van der Waals surface area contributed by atoms with E-state index in [2.05, 4.69) is 15.9 Å². The number of carbonyl (C=O) groups is 1. The van der Waals surface area contributed by atoms with Crippen molar-refractivity contribution >= 4 is 44.7 Å². The van der Waals surface area contributed by atoms with Crippen LogP contribution in [0.4, 0.5) is 0 Å². The highest BCUT2D eigenvalue weighted by molar-refractivity contribution is 9.10. The monoisotopic (exact) mass is 308 g/mol. The van der Waals surface area contributed by atoms with Gasteiger partial charge >= 0.3 is 0 Å². The van der Waals surface area contributed by atoms with Crippen LogP contribution in [0.2, 0.25) is 4.34 Å². The molecule has 82 valence electrons. The minimum atomic E-state index is -0.645. The first kappa shape index (κ1) is 11.6. The molecule has 15 heavy (non-hydrogen) atoms. The van der Waals surface area contributed by atoms with E-state index in [0.717, 1.165) is 17.3 Å². The van der Waals surface area contributed by atoms with E-state index in [1.807, 2.05) is 6.92 Å². The van der Waals surface area contributed by atoms with Crippen LogP contribution >= 0.6 is 38.9 Å². The molecule has 0 bridgehead atoms. The number of ketones is 1. The fraction of sp³-hybridized carbons (Fsp3) is 0.500. The number of hydrogen-bond acceptors (Lipinski definition) is 3. The van der Waals surface area contributed by atoms with Gasteiger partial charge in [0.25, 0.3) is 0 Å². The molecule has 2 rings (SSSR count). The molecule has 0 saturated carbocycles. The molecule has 2 heterocycles. The van der Waals surface area contributed by atoms with E-state index >= 15 is 0 Å². The number of rotatable bonds is 2. The van der Waals surface area contributed by atoms with Crippen LogP contribution in [0, 0.1) is 0 Å². The summed E-state index contributed by atoms with van der Waals surface area (Å²) in [5.41, 5.74) is -0.645. The number of halogens is 2. The van der Waals surface area contributed by atoms with Crippen LogP contribution in [0.25, 0.3) is 0 Å². The lowest BCUT2D eigenvalue weighted by Crippen LogP contribution is -2.33. The summed E-state index contributed by atoms with van der Waals surface area (Å²) >= 11 is 10.5. The molecule has 0 N–H and O–H groups in total. The van der Waals surface area contributed by atoms with Gasteiger partial charge in [0, 0.05) is 11.1 Å². The number of carbonyl (C=O) groups excluding carboxylic acids is 1. The molecule has 1 aromatic heterocycles. The zero-order valence-corrected chi connectivity index (χ0v) is 11.3. The van der Waals surface area contributed by atoms with Crippen LogP contribution in [0.15, 0.2) is 10.5 Å². The van der Waals surface area contributed by atoms with Gasteiger partial charge in [-0.15, -0.1) is 11.3 Å². The predicted molar refractivity (Wildman–Crippen MR) is 65.0 cm³/mol. The second-order valence-electron chi connectivity index (χ2n) is 3.74. The van der Waals surface area contributed by atoms with E-state index in [0.29, 0.717) is 15.8 Å². The minimum absolute atomic E-state index is 0.0394. The molecule has 0 spiro atoms. The minimum Gasteiger partial charge on any atom is -0.367 e. The van der Waals surface area contributed by atoms with Crippen molar-refractivity contribution in [1.29, 1.82) is 0 Å². The van der Waals surface area contributed by atoms with Crippen molar-refractivity contribution < 1.29 is 9.53 Å². The summed E-state index contributed by atoms with van der Waals surface area (Å²) in [4.78, 5) is 12.8. The molecule has 1 fully saturated rings. The fourth-order valence-electron chi connectivity index (χ4n) is 1.68. The van der Waals surface area contributed by atoms with Gasteiger partial charge in [0.1, 0.15) is 9.94 Å². The maximum atomic E-state index is 12.1. The van der Waals surface area contributed by atoms with E-state index < -0.39 is 5.60 Å². The van der Waals surface area contributed by atoms with Crippen LogP contribution in [0.5, 0.6) is 0 Å². The van der Waals surface area contributed by atoms with E-state index in [1.54, 1.807) is 6.07 Å². The first-order valence-electron chi connectivity index (χ1n) is 4.66. The number of Topliss-reactive ketones (excluding diaryl/α,β-unsaturated/α-hetero) is 1. The molecule has 1 saturated heterocycles. The third kappa shape index (κ3) is 2.13. The Labute approximate surface area is 106 Å². The van der Waals surface area contributed by atoms with Gasteiger partial charge in [-0.1, -0.05) is 11.6 Å². The van der Waals surface area contributed by atoms with Crippen molar-refractivity contribution in [2.45, 2.75) is 25.4 Å². The Kier molecular flexibility index (Phi) is 3.22. The van der Waals surface area contributed by atoms with Crippen molar-refractivity contribution in [2.75, 3.05) is 6.61 Å². The normalized spacial score (nSPS) is 25.8. The van der Waals surface area contributed by atoms with Crippen LogP contribution in [0.3, 0.4) is 0 Å². The average molecular weight is 310 g/mol.